The summed E-state index contributed by atoms with van der Waals surface area (Å²) in [5.74, 6) is 0.995. The third kappa shape index (κ3) is 4.39. The van der Waals surface area contributed by atoms with Gasteiger partial charge in [-0.2, -0.15) is 0 Å². The van der Waals surface area contributed by atoms with Crippen molar-refractivity contribution < 1.29 is 0 Å². The van der Waals surface area contributed by atoms with Crippen LogP contribution >= 0.6 is 11.3 Å². The fourth-order valence-corrected chi connectivity index (χ4v) is 10.7. The van der Waals surface area contributed by atoms with Crippen LogP contribution in [0.25, 0.3) is 91.3 Å². The number of nitrogens with zero attached hydrogens (tertiary/aromatic N) is 2. The minimum atomic E-state index is 0.875. The van der Waals surface area contributed by atoms with Crippen LogP contribution in [0.2, 0.25) is 0 Å². The number of allylic oxidation sites excluding steroid dienone is 2. The standard InChI is InChI=1S/C52H34N2S/c1-2-31-30-46-51(42-21-11-12-22-45(42)55-46)53-52(47(31)35-24-23-32-13-3-4-15-34(32)29-35)54-43-27-25-33-14-5-6-16-36(33)49(43)50-44(54)28-26-41-39-19-8-7-17-37(39)38-18-9-10-20-40(38)48(41)50/h3-29H,2,30H2,1H3. The van der Waals surface area contributed by atoms with Crippen LogP contribution in [-0.2, 0) is 6.42 Å². The van der Waals surface area contributed by atoms with E-state index in [9.17, 15) is 0 Å². The molecular formula is C52H34N2S. The molecule has 0 amide bonds. The Bertz CT molecular complexity index is 3470. The summed E-state index contributed by atoms with van der Waals surface area (Å²) in [5, 5.41) is 16.5. The van der Waals surface area contributed by atoms with Gasteiger partial charge in [-0.3, -0.25) is 4.57 Å². The summed E-state index contributed by atoms with van der Waals surface area (Å²) in [5.41, 5.74) is 7.30. The van der Waals surface area contributed by atoms with Crippen molar-refractivity contribution in [2.24, 2.45) is 4.99 Å². The molecule has 0 saturated heterocycles. The smallest absolute Gasteiger partial charge is 0.146 e. The van der Waals surface area contributed by atoms with Gasteiger partial charge in [-0.15, -0.1) is 11.3 Å². The van der Waals surface area contributed by atoms with Crippen molar-refractivity contribution >= 4 is 114 Å². The van der Waals surface area contributed by atoms with Crippen molar-refractivity contribution in [3.63, 3.8) is 0 Å². The summed E-state index contributed by atoms with van der Waals surface area (Å²) in [7, 11) is 0. The molecule has 11 aromatic rings. The number of rotatable bonds is 2. The largest absolute Gasteiger partial charge is 0.293 e. The number of benzene rings is 9. The highest BCUT2D eigenvalue weighted by molar-refractivity contribution is 7.19. The number of thiophene rings is 1. The first-order valence-electron chi connectivity index (χ1n) is 19.2. The molecule has 2 nitrogen and oxygen atoms in total. The zero-order chi connectivity index (χ0) is 36.2. The first-order valence-corrected chi connectivity index (χ1v) is 20.1. The molecule has 0 aliphatic carbocycles. The molecule has 0 fully saturated rings. The van der Waals surface area contributed by atoms with Crippen LogP contribution in [0.5, 0.6) is 0 Å². The summed E-state index contributed by atoms with van der Waals surface area (Å²) in [4.78, 5) is 7.24. The average Bonchev–Trinajstić information content (AvgIpc) is 3.72. The van der Waals surface area contributed by atoms with E-state index < -0.39 is 0 Å². The molecule has 0 saturated carbocycles. The molecule has 2 aromatic heterocycles. The van der Waals surface area contributed by atoms with Crippen LogP contribution in [0.15, 0.2) is 174 Å². The predicted octanol–water partition coefficient (Wildman–Crippen LogP) is 14.8. The molecule has 258 valence electrons. The molecule has 1 aliphatic heterocycles. The highest BCUT2D eigenvalue weighted by atomic mass is 32.1. The van der Waals surface area contributed by atoms with Gasteiger partial charge in [0.15, 0.2) is 0 Å². The molecule has 3 heterocycles. The second-order valence-corrected chi connectivity index (χ2v) is 16.0. The van der Waals surface area contributed by atoms with E-state index in [-0.39, 0.29) is 0 Å². The Morgan fingerprint density at radius 1 is 0.509 bits per heavy atom. The normalized spacial score (nSPS) is 13.6. The maximum absolute atomic E-state index is 5.91. The van der Waals surface area contributed by atoms with Crippen molar-refractivity contribution in [2.75, 3.05) is 0 Å². The van der Waals surface area contributed by atoms with Crippen LogP contribution < -0.4 is 0 Å². The lowest BCUT2D eigenvalue weighted by molar-refractivity contribution is 1.03. The first-order chi connectivity index (χ1) is 27.2. The van der Waals surface area contributed by atoms with Gasteiger partial charge < -0.3 is 0 Å². The zero-order valence-electron chi connectivity index (χ0n) is 30.3. The lowest BCUT2D eigenvalue weighted by Crippen LogP contribution is -2.15. The maximum atomic E-state index is 5.91. The van der Waals surface area contributed by atoms with Crippen molar-refractivity contribution in [3.05, 3.63) is 180 Å². The lowest BCUT2D eigenvalue weighted by atomic mass is 9.91. The van der Waals surface area contributed by atoms with Crippen LogP contribution in [0.1, 0.15) is 23.8 Å². The van der Waals surface area contributed by atoms with Gasteiger partial charge in [-0.05, 0) is 84.7 Å². The van der Waals surface area contributed by atoms with Crippen LogP contribution in [-0.4, -0.2) is 10.4 Å². The minimum absolute atomic E-state index is 0.875. The second-order valence-electron chi connectivity index (χ2n) is 14.9. The van der Waals surface area contributed by atoms with Crippen molar-refractivity contribution in [1.82, 2.24) is 4.57 Å². The van der Waals surface area contributed by atoms with E-state index in [1.165, 1.54) is 107 Å². The topological polar surface area (TPSA) is 17.3 Å². The molecule has 3 heteroatoms. The third-order valence-corrected chi connectivity index (χ3v) is 13.2. The molecule has 12 rings (SSSR count). The van der Waals surface area contributed by atoms with Gasteiger partial charge >= 0.3 is 0 Å². The van der Waals surface area contributed by atoms with E-state index in [4.69, 9.17) is 4.99 Å². The SMILES string of the molecule is CCC1=C(c2ccc3ccccc3c2)C(n2c3ccc4ccccc4c3c3c4c5ccccc5c5ccccc5c4ccc32)=Nc2c(sc3ccccc23)C1. The average molecular weight is 719 g/mol. The first kappa shape index (κ1) is 30.9. The fraction of sp³-hybridized carbons (Fsp3) is 0.0577. The quantitative estimate of drug-likeness (QED) is 0.158. The van der Waals surface area contributed by atoms with Gasteiger partial charge in [0, 0.05) is 43.1 Å². The second kappa shape index (κ2) is 11.7. The Labute approximate surface area is 321 Å². The zero-order valence-corrected chi connectivity index (χ0v) is 31.1. The lowest BCUT2D eigenvalue weighted by Gasteiger charge is -2.19. The van der Waals surface area contributed by atoms with Gasteiger partial charge in [0.1, 0.15) is 5.84 Å². The molecule has 0 unspecified atom stereocenters. The van der Waals surface area contributed by atoms with Gasteiger partial charge in [0.25, 0.3) is 0 Å². The molecular weight excluding hydrogens is 685 g/mol. The number of hydrogen-bond donors (Lipinski definition) is 0. The summed E-state index contributed by atoms with van der Waals surface area (Å²) < 4.78 is 3.81. The molecule has 0 radical (unpaired) electrons. The summed E-state index contributed by atoms with van der Waals surface area (Å²) in [6, 6.07) is 60.7. The Morgan fingerprint density at radius 2 is 1.09 bits per heavy atom. The van der Waals surface area contributed by atoms with Crippen molar-refractivity contribution in [3.8, 4) is 0 Å². The van der Waals surface area contributed by atoms with Gasteiger partial charge in [-0.25, -0.2) is 4.99 Å². The Morgan fingerprint density at radius 3 is 1.87 bits per heavy atom. The summed E-state index contributed by atoms with van der Waals surface area (Å²) >= 11 is 1.89. The molecule has 0 N–H and O–H groups in total. The minimum Gasteiger partial charge on any atom is -0.293 e. The van der Waals surface area contributed by atoms with Crippen LogP contribution in [0.3, 0.4) is 0 Å². The number of fused-ring (bicyclic) bond motifs is 16. The molecule has 0 bridgehead atoms. The predicted molar refractivity (Wildman–Crippen MR) is 239 cm³/mol. The third-order valence-electron chi connectivity index (χ3n) is 12.0. The van der Waals surface area contributed by atoms with Crippen LogP contribution in [0.4, 0.5) is 5.69 Å². The number of hydrogen-bond acceptors (Lipinski definition) is 2. The monoisotopic (exact) mass is 718 g/mol. The molecule has 9 aromatic carbocycles. The van der Waals surface area contributed by atoms with Gasteiger partial charge in [0.05, 0.1) is 16.7 Å². The van der Waals surface area contributed by atoms with E-state index in [0.29, 0.717) is 0 Å². The Hall–Kier alpha value is -6.55. The number of aliphatic imine (C=N–C) groups is 1. The summed E-state index contributed by atoms with van der Waals surface area (Å²) in [6.07, 6.45) is 1.80. The van der Waals surface area contributed by atoms with Crippen molar-refractivity contribution in [1.29, 1.82) is 0 Å². The molecule has 0 spiro atoms. The molecule has 1 aliphatic rings. The van der Waals surface area contributed by atoms with E-state index in [2.05, 4.69) is 175 Å². The highest BCUT2D eigenvalue weighted by Gasteiger charge is 2.28. The Balaban J connectivity index is 1.31. The Kier molecular flexibility index (Phi) is 6.58. The van der Waals surface area contributed by atoms with Gasteiger partial charge in [-0.1, -0.05) is 152 Å². The van der Waals surface area contributed by atoms with E-state index in [1.54, 1.807) is 0 Å². The van der Waals surface area contributed by atoms with E-state index >= 15 is 0 Å². The fourth-order valence-electron chi connectivity index (χ4n) is 9.56. The summed E-state index contributed by atoms with van der Waals surface area (Å²) in [6.45, 7) is 2.32. The molecule has 55 heavy (non-hydrogen) atoms. The highest BCUT2D eigenvalue weighted by Crippen LogP contribution is 2.48. The van der Waals surface area contributed by atoms with E-state index in [1.807, 2.05) is 11.3 Å². The molecule has 0 atom stereocenters. The van der Waals surface area contributed by atoms with Gasteiger partial charge in [0.2, 0.25) is 0 Å². The van der Waals surface area contributed by atoms with E-state index in [0.717, 1.165) is 24.4 Å². The van der Waals surface area contributed by atoms with Crippen molar-refractivity contribution in [2.45, 2.75) is 19.8 Å². The van der Waals surface area contributed by atoms with Crippen LogP contribution in [0, 0.1) is 0 Å². The number of aromatic nitrogens is 1. The maximum Gasteiger partial charge on any atom is 0.146 e.